The number of hydrogen-bond donors (Lipinski definition) is 1. The smallest absolute Gasteiger partial charge is 0.326 e. The molecular weight excluding hydrogens is 104 g/mol. The minimum atomic E-state index is -0.234. The van der Waals surface area contributed by atoms with Gasteiger partial charge < -0.3 is 5.11 Å². The minimum absolute atomic E-state index is 0.0116. The highest BCUT2D eigenvalue weighted by Gasteiger charge is 2.41. The molecule has 0 aliphatic heterocycles. The summed E-state index contributed by atoms with van der Waals surface area (Å²) in [5, 5.41) is 8.65. The summed E-state index contributed by atoms with van der Waals surface area (Å²) >= 11 is 0. The van der Waals surface area contributed by atoms with E-state index in [2.05, 4.69) is 0 Å². The second-order valence-electron chi connectivity index (χ2n) is 1.72. The summed E-state index contributed by atoms with van der Waals surface area (Å²) < 4.78 is 0. The molecular formula is C6H5O2+. The Balaban J connectivity index is 3.08. The molecule has 0 amide bonds. The van der Waals surface area contributed by atoms with Gasteiger partial charge in [-0.15, -0.1) is 0 Å². The van der Waals surface area contributed by atoms with Crippen LogP contribution in [-0.4, -0.2) is 10.9 Å². The van der Waals surface area contributed by atoms with Gasteiger partial charge in [-0.25, -0.2) is 4.79 Å². The maximum atomic E-state index is 10.4. The molecule has 0 aromatic heterocycles. The first-order chi connectivity index (χ1) is 3.64. The Bertz CT molecular complexity index is 177. The maximum Gasteiger partial charge on any atom is 0.326 e. The van der Waals surface area contributed by atoms with Crippen molar-refractivity contribution in [3.8, 4) is 0 Å². The molecule has 1 rings (SSSR count). The number of aliphatic hydroxyl groups is 1. The van der Waals surface area contributed by atoms with Gasteiger partial charge in [0.15, 0.2) is 5.57 Å². The number of Topliss-reactive ketones (excluding diaryl/α,β-unsaturated/α-hetero) is 1. The molecule has 40 valence electrons. The largest absolute Gasteiger partial charge is 0.446 e. The van der Waals surface area contributed by atoms with Gasteiger partial charge in [0.25, 0.3) is 11.3 Å². The fourth-order valence-electron chi connectivity index (χ4n) is 0.557. The standard InChI is InChI=1S/C6H4O2/c1-3-5(7)4(2)6(3)8/h1H,2H3/p+1. The summed E-state index contributed by atoms with van der Waals surface area (Å²) in [6, 6.07) is 0. The molecule has 2 heteroatoms. The van der Waals surface area contributed by atoms with Crippen LogP contribution in [0.4, 0.5) is 0 Å². The molecule has 1 aliphatic rings. The molecule has 0 radical (unpaired) electrons. The van der Waals surface area contributed by atoms with Crippen molar-refractivity contribution in [2.75, 3.05) is 0 Å². The number of ketones is 1. The summed E-state index contributed by atoms with van der Waals surface area (Å²) in [4.78, 5) is 10.4. The topological polar surface area (TPSA) is 37.3 Å². The molecule has 0 saturated carbocycles. The molecule has 0 atom stereocenters. The van der Waals surface area contributed by atoms with Crippen molar-refractivity contribution in [2.45, 2.75) is 6.92 Å². The number of rotatable bonds is 0. The van der Waals surface area contributed by atoms with Gasteiger partial charge in [-0.1, -0.05) is 0 Å². The molecule has 0 aromatic carbocycles. The van der Waals surface area contributed by atoms with Gasteiger partial charge in [0.1, 0.15) is 0 Å². The number of hydrogen-bond acceptors (Lipinski definition) is 2. The van der Waals surface area contributed by atoms with E-state index in [1.54, 1.807) is 0 Å². The van der Waals surface area contributed by atoms with E-state index in [1.807, 2.05) is 0 Å². The van der Waals surface area contributed by atoms with Crippen LogP contribution in [-0.2, 0) is 4.79 Å². The van der Waals surface area contributed by atoms with Crippen LogP contribution in [0.3, 0.4) is 0 Å². The van der Waals surface area contributed by atoms with E-state index < -0.39 is 0 Å². The molecule has 1 N–H and O–H groups in total. The molecule has 8 heavy (non-hydrogen) atoms. The van der Waals surface area contributed by atoms with Crippen molar-refractivity contribution < 1.29 is 9.90 Å². The lowest BCUT2D eigenvalue weighted by Gasteiger charge is -2.01. The van der Waals surface area contributed by atoms with E-state index >= 15 is 0 Å². The highest BCUT2D eigenvalue weighted by molar-refractivity contribution is 6.17. The van der Waals surface area contributed by atoms with E-state index in [-0.39, 0.29) is 17.1 Å². The molecule has 0 heterocycles. The Kier molecular flexibility index (Phi) is 0.734. The molecule has 0 aromatic rings. The Labute approximate surface area is 47.1 Å². The zero-order chi connectivity index (χ0) is 6.31. The van der Waals surface area contributed by atoms with Crippen molar-refractivity contribution in [3.63, 3.8) is 0 Å². The third kappa shape index (κ3) is 0.328. The highest BCUT2D eigenvalue weighted by Crippen LogP contribution is 2.24. The lowest BCUT2D eigenvalue weighted by Crippen LogP contribution is -2.18. The summed E-state index contributed by atoms with van der Waals surface area (Å²) in [7, 11) is 0. The first-order valence-electron chi connectivity index (χ1n) is 2.22. The Morgan fingerprint density at radius 2 is 2.12 bits per heavy atom. The van der Waals surface area contributed by atoms with Crippen molar-refractivity contribution in [2.24, 2.45) is 0 Å². The van der Waals surface area contributed by atoms with Crippen LogP contribution in [0, 0.1) is 6.58 Å². The minimum Gasteiger partial charge on any atom is -0.446 e. The third-order valence-electron chi connectivity index (χ3n) is 1.20. The zero-order valence-electron chi connectivity index (χ0n) is 4.43. The normalized spacial score (nSPS) is 19.0. The van der Waals surface area contributed by atoms with Crippen LogP contribution >= 0.6 is 0 Å². The van der Waals surface area contributed by atoms with Gasteiger partial charge in [0.05, 0.1) is 0 Å². The molecule has 0 saturated heterocycles. The number of carbonyl (C=O) groups excluding carboxylic acids is 1. The molecule has 2 nitrogen and oxygen atoms in total. The molecule has 0 spiro atoms. The number of carbonyl (C=O) groups is 1. The van der Waals surface area contributed by atoms with Gasteiger partial charge in [0.2, 0.25) is 0 Å². The lowest BCUT2D eigenvalue weighted by molar-refractivity contribution is -0.113. The fraction of sp³-hybridized carbons (Fsp3) is 0.167. The van der Waals surface area contributed by atoms with Crippen LogP contribution in [0.2, 0.25) is 0 Å². The zero-order valence-corrected chi connectivity index (χ0v) is 4.43. The summed E-state index contributed by atoms with van der Waals surface area (Å²) in [6.45, 7) is 6.55. The Hall–Kier alpha value is -1.14. The van der Waals surface area contributed by atoms with E-state index in [1.165, 1.54) is 6.92 Å². The summed E-state index contributed by atoms with van der Waals surface area (Å²) in [6.07, 6.45) is 0. The van der Waals surface area contributed by atoms with Gasteiger partial charge >= 0.3 is 5.78 Å². The molecule has 0 unspecified atom stereocenters. The van der Waals surface area contributed by atoms with Crippen LogP contribution in [0.25, 0.3) is 0 Å². The van der Waals surface area contributed by atoms with E-state index in [9.17, 15) is 4.79 Å². The van der Waals surface area contributed by atoms with Crippen LogP contribution in [0.1, 0.15) is 6.92 Å². The quantitative estimate of drug-likeness (QED) is 0.368. The fourth-order valence-corrected chi connectivity index (χ4v) is 0.557. The van der Waals surface area contributed by atoms with Gasteiger partial charge in [0, 0.05) is 6.58 Å². The summed E-state index contributed by atoms with van der Waals surface area (Å²) in [5.41, 5.74) is 0.352. The van der Waals surface area contributed by atoms with E-state index in [4.69, 9.17) is 11.7 Å². The van der Waals surface area contributed by atoms with Crippen molar-refractivity contribution >= 4 is 5.78 Å². The van der Waals surface area contributed by atoms with Gasteiger partial charge in [-0.2, -0.15) is 0 Å². The van der Waals surface area contributed by atoms with Crippen molar-refractivity contribution in [1.82, 2.24) is 0 Å². The first-order valence-corrected chi connectivity index (χ1v) is 2.22. The van der Waals surface area contributed by atoms with Crippen LogP contribution in [0.5, 0.6) is 0 Å². The number of allylic oxidation sites excluding steroid dienone is 2. The van der Waals surface area contributed by atoms with E-state index in [0.717, 1.165) is 0 Å². The Morgan fingerprint density at radius 3 is 2.25 bits per heavy atom. The number of aliphatic hydroxyl groups excluding tert-OH is 1. The van der Waals surface area contributed by atoms with Crippen molar-refractivity contribution in [3.05, 3.63) is 23.5 Å². The molecule has 1 aliphatic carbocycles. The third-order valence-corrected chi connectivity index (χ3v) is 1.20. The Morgan fingerprint density at radius 1 is 1.62 bits per heavy atom. The summed E-state index contributed by atoms with van der Waals surface area (Å²) in [5.74, 6) is -0.280. The molecule has 0 fully saturated rings. The highest BCUT2D eigenvalue weighted by atomic mass is 16.3. The monoisotopic (exact) mass is 109 g/mol. The molecule has 0 bridgehead atoms. The average Bonchev–Trinajstić information content (AvgIpc) is 1.83. The average molecular weight is 109 g/mol. The predicted octanol–water partition coefficient (Wildman–Crippen LogP) is 0.760. The van der Waals surface area contributed by atoms with Gasteiger partial charge in [-0.05, 0) is 6.92 Å². The second-order valence-corrected chi connectivity index (χ2v) is 1.72. The van der Waals surface area contributed by atoms with Gasteiger partial charge in [-0.3, -0.25) is 0 Å². The van der Waals surface area contributed by atoms with Crippen LogP contribution < -0.4 is 0 Å². The SMILES string of the molecule is [CH+]=C1C(=O)C(C)=C1O. The predicted molar refractivity (Wildman–Crippen MR) is 28.1 cm³/mol. The van der Waals surface area contributed by atoms with E-state index in [0.29, 0.717) is 5.57 Å². The lowest BCUT2D eigenvalue weighted by atomic mass is 9.91. The maximum absolute atomic E-state index is 10.4. The second kappa shape index (κ2) is 1.17. The first kappa shape index (κ1) is 5.01. The van der Waals surface area contributed by atoms with Crippen molar-refractivity contribution in [1.29, 1.82) is 0 Å². The van der Waals surface area contributed by atoms with Crippen LogP contribution in [0.15, 0.2) is 16.9 Å².